The van der Waals surface area contributed by atoms with Crippen LogP contribution in [0.25, 0.3) is 0 Å². The van der Waals surface area contributed by atoms with Crippen LogP contribution in [0.4, 0.5) is 10.6 Å². The molecule has 1 atom stereocenters. The summed E-state index contributed by atoms with van der Waals surface area (Å²) in [6.07, 6.45) is 1.92. The molecule has 6 nitrogen and oxygen atoms in total. The molecular weight excluding hydrogens is 234 g/mol. The fourth-order valence-electron chi connectivity index (χ4n) is 1.44. The Morgan fingerprint density at radius 2 is 2.11 bits per heavy atom. The van der Waals surface area contributed by atoms with Gasteiger partial charge in [0.05, 0.1) is 0 Å². The number of aliphatic carboxylic acids is 1. The van der Waals surface area contributed by atoms with Gasteiger partial charge in [-0.05, 0) is 24.5 Å². The molecule has 0 spiro atoms. The molecule has 1 rings (SSSR count). The molecule has 18 heavy (non-hydrogen) atoms. The first kappa shape index (κ1) is 14.0. The van der Waals surface area contributed by atoms with Crippen LogP contribution in [0.3, 0.4) is 0 Å². The summed E-state index contributed by atoms with van der Waals surface area (Å²) in [6, 6.07) is 3.61. The molecule has 0 aliphatic heterocycles. The second kappa shape index (κ2) is 6.58. The van der Waals surface area contributed by atoms with Crippen molar-refractivity contribution in [2.24, 2.45) is 5.92 Å². The summed E-state index contributed by atoms with van der Waals surface area (Å²) in [5.74, 6) is -0.482. The number of amides is 2. The number of nitrogens with one attached hydrogen (secondary N) is 2. The van der Waals surface area contributed by atoms with Gasteiger partial charge in [0.15, 0.2) is 0 Å². The molecule has 1 aromatic rings. The molecule has 0 aromatic carbocycles. The van der Waals surface area contributed by atoms with Crippen LogP contribution < -0.4 is 10.6 Å². The van der Waals surface area contributed by atoms with Crippen LogP contribution in [-0.4, -0.2) is 28.1 Å². The highest BCUT2D eigenvalue weighted by Crippen LogP contribution is 2.06. The Morgan fingerprint density at radius 1 is 1.39 bits per heavy atom. The van der Waals surface area contributed by atoms with E-state index in [4.69, 9.17) is 5.11 Å². The highest BCUT2D eigenvalue weighted by atomic mass is 16.4. The molecule has 6 heteroatoms. The number of carbonyl (C=O) groups excluding carboxylic acids is 1. The second-order valence-corrected chi connectivity index (χ2v) is 4.33. The summed E-state index contributed by atoms with van der Waals surface area (Å²) < 4.78 is 0. The molecule has 1 aromatic heterocycles. The molecule has 0 bridgehead atoms. The van der Waals surface area contributed by atoms with Crippen LogP contribution in [0.15, 0.2) is 24.4 Å². The minimum Gasteiger partial charge on any atom is -0.480 e. The number of nitrogens with zero attached hydrogens (tertiary/aromatic N) is 1. The van der Waals surface area contributed by atoms with E-state index in [9.17, 15) is 9.59 Å². The van der Waals surface area contributed by atoms with Crippen molar-refractivity contribution in [2.45, 2.75) is 26.3 Å². The lowest BCUT2D eigenvalue weighted by atomic mass is 10.0. The number of aromatic nitrogens is 1. The van der Waals surface area contributed by atoms with Crippen molar-refractivity contribution in [2.75, 3.05) is 5.32 Å². The van der Waals surface area contributed by atoms with Gasteiger partial charge in [-0.2, -0.15) is 0 Å². The first-order valence-electron chi connectivity index (χ1n) is 5.70. The van der Waals surface area contributed by atoms with E-state index in [1.165, 1.54) is 0 Å². The number of anilines is 1. The average molecular weight is 251 g/mol. The van der Waals surface area contributed by atoms with Crippen LogP contribution in [-0.2, 0) is 4.79 Å². The summed E-state index contributed by atoms with van der Waals surface area (Å²) in [7, 11) is 0. The third-order valence-electron chi connectivity index (χ3n) is 2.22. The van der Waals surface area contributed by atoms with Gasteiger partial charge in [-0.25, -0.2) is 14.6 Å². The summed E-state index contributed by atoms with van der Waals surface area (Å²) in [4.78, 5) is 26.5. The normalized spacial score (nSPS) is 11.9. The quantitative estimate of drug-likeness (QED) is 0.742. The number of carbonyl (C=O) groups is 2. The SMILES string of the molecule is CC(C)C[C@H](NC(=O)Nc1ccccn1)C(=O)O. The van der Waals surface area contributed by atoms with Gasteiger partial charge < -0.3 is 10.4 Å². The fraction of sp³-hybridized carbons (Fsp3) is 0.417. The fourth-order valence-corrected chi connectivity index (χ4v) is 1.44. The van der Waals surface area contributed by atoms with Crippen molar-refractivity contribution < 1.29 is 14.7 Å². The molecule has 0 saturated carbocycles. The Labute approximate surface area is 105 Å². The largest absolute Gasteiger partial charge is 0.480 e. The average Bonchev–Trinajstić information content (AvgIpc) is 2.28. The Bertz CT molecular complexity index is 406. The molecule has 3 N–H and O–H groups in total. The third-order valence-corrected chi connectivity index (χ3v) is 2.22. The lowest BCUT2D eigenvalue weighted by Gasteiger charge is -2.16. The van der Waals surface area contributed by atoms with Crippen molar-refractivity contribution in [1.29, 1.82) is 0 Å². The zero-order chi connectivity index (χ0) is 13.5. The highest BCUT2D eigenvalue weighted by molar-refractivity contribution is 5.91. The van der Waals surface area contributed by atoms with E-state index in [2.05, 4.69) is 15.6 Å². The molecular formula is C12H17N3O3. The van der Waals surface area contributed by atoms with Gasteiger partial charge in [0.2, 0.25) is 0 Å². The first-order chi connectivity index (χ1) is 8.49. The predicted octanol–water partition coefficient (Wildman–Crippen LogP) is 1.70. The minimum atomic E-state index is -1.04. The van der Waals surface area contributed by atoms with E-state index in [0.717, 1.165) is 0 Å². The van der Waals surface area contributed by atoms with Crippen LogP contribution >= 0.6 is 0 Å². The predicted molar refractivity (Wildman–Crippen MR) is 67.3 cm³/mol. The topological polar surface area (TPSA) is 91.3 Å². The van der Waals surface area contributed by atoms with Gasteiger partial charge in [-0.15, -0.1) is 0 Å². The van der Waals surface area contributed by atoms with Crippen LogP contribution in [0.5, 0.6) is 0 Å². The smallest absolute Gasteiger partial charge is 0.326 e. The molecule has 0 fully saturated rings. The van der Waals surface area contributed by atoms with Crippen LogP contribution in [0.1, 0.15) is 20.3 Å². The van der Waals surface area contributed by atoms with Crippen molar-refractivity contribution >= 4 is 17.8 Å². The lowest BCUT2D eigenvalue weighted by Crippen LogP contribution is -2.43. The maximum Gasteiger partial charge on any atom is 0.326 e. The van der Waals surface area contributed by atoms with Crippen molar-refractivity contribution in [3.8, 4) is 0 Å². The van der Waals surface area contributed by atoms with E-state index in [0.29, 0.717) is 12.2 Å². The number of pyridine rings is 1. The minimum absolute atomic E-state index is 0.182. The van der Waals surface area contributed by atoms with Crippen LogP contribution in [0.2, 0.25) is 0 Å². The molecule has 1 heterocycles. The van der Waals surface area contributed by atoms with Gasteiger partial charge in [-0.1, -0.05) is 19.9 Å². The van der Waals surface area contributed by atoms with Crippen molar-refractivity contribution in [1.82, 2.24) is 10.3 Å². The highest BCUT2D eigenvalue weighted by Gasteiger charge is 2.20. The molecule has 0 radical (unpaired) electrons. The number of carboxylic acids is 1. The van der Waals surface area contributed by atoms with Crippen molar-refractivity contribution in [3.05, 3.63) is 24.4 Å². The zero-order valence-corrected chi connectivity index (χ0v) is 10.4. The molecule has 0 saturated heterocycles. The van der Waals surface area contributed by atoms with Gasteiger partial charge in [0, 0.05) is 6.20 Å². The van der Waals surface area contributed by atoms with E-state index >= 15 is 0 Å². The molecule has 98 valence electrons. The van der Waals surface area contributed by atoms with E-state index in [-0.39, 0.29) is 5.92 Å². The summed E-state index contributed by atoms with van der Waals surface area (Å²) in [5, 5.41) is 13.9. The second-order valence-electron chi connectivity index (χ2n) is 4.33. The zero-order valence-electron chi connectivity index (χ0n) is 10.4. The Kier molecular flexibility index (Phi) is 5.10. The number of hydrogen-bond acceptors (Lipinski definition) is 3. The summed E-state index contributed by atoms with van der Waals surface area (Å²) in [5.41, 5.74) is 0. The Balaban J connectivity index is 2.54. The van der Waals surface area contributed by atoms with Crippen molar-refractivity contribution in [3.63, 3.8) is 0 Å². The maximum absolute atomic E-state index is 11.6. The van der Waals surface area contributed by atoms with Crippen LogP contribution in [0, 0.1) is 5.92 Å². The van der Waals surface area contributed by atoms with Gasteiger partial charge >= 0.3 is 12.0 Å². The summed E-state index contributed by atoms with van der Waals surface area (Å²) in [6.45, 7) is 3.79. The molecule has 0 unspecified atom stereocenters. The summed E-state index contributed by atoms with van der Waals surface area (Å²) >= 11 is 0. The lowest BCUT2D eigenvalue weighted by molar-refractivity contribution is -0.139. The number of urea groups is 1. The Hall–Kier alpha value is -2.11. The van der Waals surface area contributed by atoms with Gasteiger partial charge in [0.25, 0.3) is 0 Å². The van der Waals surface area contributed by atoms with E-state index in [1.807, 2.05) is 13.8 Å². The van der Waals surface area contributed by atoms with Gasteiger partial charge in [-0.3, -0.25) is 5.32 Å². The third kappa shape index (κ3) is 4.82. The van der Waals surface area contributed by atoms with Gasteiger partial charge in [0.1, 0.15) is 11.9 Å². The molecule has 0 aliphatic carbocycles. The molecule has 0 aliphatic rings. The first-order valence-corrected chi connectivity index (χ1v) is 5.70. The Morgan fingerprint density at radius 3 is 2.61 bits per heavy atom. The maximum atomic E-state index is 11.6. The number of rotatable bonds is 5. The standard InChI is InChI=1S/C12H17N3O3/c1-8(2)7-9(11(16)17)14-12(18)15-10-5-3-4-6-13-10/h3-6,8-9H,7H2,1-2H3,(H,16,17)(H2,13,14,15,18)/t9-/m0/s1. The number of hydrogen-bond donors (Lipinski definition) is 3. The van der Waals surface area contributed by atoms with E-state index in [1.54, 1.807) is 24.4 Å². The number of carboxylic acid groups (broad SMARTS) is 1. The molecule has 2 amide bonds. The van der Waals surface area contributed by atoms with E-state index < -0.39 is 18.0 Å². The monoisotopic (exact) mass is 251 g/mol.